The zero-order chi connectivity index (χ0) is 14.2. The second-order valence-corrected chi connectivity index (χ2v) is 5.58. The summed E-state index contributed by atoms with van der Waals surface area (Å²) in [5.74, 6) is -0.389. The van der Waals surface area contributed by atoms with Gasteiger partial charge in [-0.1, -0.05) is 0 Å². The van der Waals surface area contributed by atoms with E-state index in [2.05, 4.69) is 4.98 Å². The molecule has 6 heteroatoms. The highest BCUT2D eigenvalue weighted by atomic mass is 19.1. The highest BCUT2D eigenvalue weighted by Gasteiger charge is 2.51. The molecule has 0 unspecified atom stereocenters. The Morgan fingerprint density at radius 1 is 1.65 bits per heavy atom. The van der Waals surface area contributed by atoms with Gasteiger partial charge in [0.05, 0.1) is 31.6 Å². The topological polar surface area (TPSA) is 51.7 Å². The van der Waals surface area contributed by atoms with E-state index in [4.69, 9.17) is 9.47 Å². The number of fused-ring (bicyclic) bond motifs is 1. The van der Waals surface area contributed by atoms with Gasteiger partial charge >= 0.3 is 0 Å². The van der Waals surface area contributed by atoms with Crippen molar-refractivity contribution in [3.8, 4) is 0 Å². The third-order valence-electron chi connectivity index (χ3n) is 4.19. The molecule has 2 fully saturated rings. The van der Waals surface area contributed by atoms with E-state index in [9.17, 15) is 9.18 Å². The Morgan fingerprint density at radius 2 is 2.50 bits per heavy atom. The molecule has 1 aromatic rings. The van der Waals surface area contributed by atoms with E-state index < -0.39 is 5.82 Å². The van der Waals surface area contributed by atoms with Crippen LogP contribution in [0.2, 0.25) is 0 Å². The molecule has 20 heavy (non-hydrogen) atoms. The quantitative estimate of drug-likeness (QED) is 0.827. The molecule has 1 aromatic heterocycles. The molecule has 2 aliphatic heterocycles. The number of hydrogen-bond acceptors (Lipinski definition) is 4. The van der Waals surface area contributed by atoms with Gasteiger partial charge in [0, 0.05) is 37.7 Å². The van der Waals surface area contributed by atoms with Crippen molar-refractivity contribution in [2.45, 2.75) is 0 Å². The maximum atomic E-state index is 13.2. The van der Waals surface area contributed by atoms with E-state index in [-0.39, 0.29) is 17.2 Å². The van der Waals surface area contributed by atoms with Gasteiger partial charge in [0.15, 0.2) is 0 Å². The molecule has 0 bridgehead atoms. The number of likely N-dealkylation sites (tertiary alicyclic amines) is 1. The zero-order valence-corrected chi connectivity index (χ0v) is 11.3. The average Bonchev–Trinajstić information content (AvgIpc) is 2.95. The average molecular weight is 280 g/mol. The fraction of sp³-hybridized carbons (Fsp3) is 0.571. The lowest BCUT2D eigenvalue weighted by Gasteiger charge is -2.25. The van der Waals surface area contributed by atoms with E-state index in [0.29, 0.717) is 38.5 Å². The van der Waals surface area contributed by atoms with Crippen LogP contribution in [0.25, 0.3) is 0 Å². The van der Waals surface area contributed by atoms with E-state index in [0.717, 1.165) is 6.20 Å². The molecule has 2 saturated heterocycles. The van der Waals surface area contributed by atoms with Gasteiger partial charge in [-0.15, -0.1) is 0 Å². The number of hydrogen-bond donors (Lipinski definition) is 0. The van der Waals surface area contributed by atoms with Crippen molar-refractivity contribution in [1.82, 2.24) is 9.88 Å². The standard InChI is InChI=1S/C14H17FN2O3/c1-19-8-14-7-17(5-11(14)6-20-9-14)13(18)10-2-12(15)4-16-3-10/h2-4,11H,5-9H2,1H3/t11-,14-/m0/s1. The molecule has 0 N–H and O–H groups in total. The molecule has 0 spiro atoms. The van der Waals surface area contributed by atoms with Gasteiger partial charge in [0.1, 0.15) is 5.82 Å². The van der Waals surface area contributed by atoms with Crippen LogP contribution in [0, 0.1) is 17.2 Å². The van der Waals surface area contributed by atoms with Crippen LogP contribution in [0.1, 0.15) is 10.4 Å². The lowest BCUT2D eigenvalue weighted by molar-refractivity contribution is 0.0488. The zero-order valence-electron chi connectivity index (χ0n) is 11.3. The smallest absolute Gasteiger partial charge is 0.255 e. The molecule has 2 atom stereocenters. The molecule has 3 heterocycles. The van der Waals surface area contributed by atoms with Crippen LogP contribution >= 0.6 is 0 Å². The Morgan fingerprint density at radius 3 is 3.25 bits per heavy atom. The molecular formula is C14H17FN2O3. The monoisotopic (exact) mass is 280 g/mol. The minimum absolute atomic E-state index is 0.120. The maximum absolute atomic E-state index is 13.2. The fourth-order valence-electron chi connectivity index (χ4n) is 3.19. The van der Waals surface area contributed by atoms with Crippen molar-refractivity contribution >= 4 is 5.91 Å². The summed E-state index contributed by atoms with van der Waals surface area (Å²) in [4.78, 5) is 17.9. The summed E-state index contributed by atoms with van der Waals surface area (Å²) < 4.78 is 24.0. The molecule has 5 nitrogen and oxygen atoms in total. The number of halogens is 1. The third-order valence-corrected chi connectivity index (χ3v) is 4.19. The van der Waals surface area contributed by atoms with Crippen LogP contribution in [0.4, 0.5) is 4.39 Å². The summed E-state index contributed by atoms with van der Waals surface area (Å²) in [6.07, 6.45) is 2.49. The number of carbonyl (C=O) groups excluding carboxylic acids is 1. The van der Waals surface area contributed by atoms with E-state index in [1.54, 1.807) is 12.0 Å². The van der Waals surface area contributed by atoms with Gasteiger partial charge in [0.25, 0.3) is 5.91 Å². The van der Waals surface area contributed by atoms with Gasteiger partial charge in [-0.05, 0) is 6.07 Å². The SMILES string of the molecule is COC[C@@]12COC[C@@H]1CN(C(=O)c1cncc(F)c1)C2. The number of aromatic nitrogens is 1. The molecular weight excluding hydrogens is 263 g/mol. The maximum Gasteiger partial charge on any atom is 0.255 e. The van der Waals surface area contributed by atoms with Crippen molar-refractivity contribution in [2.24, 2.45) is 11.3 Å². The van der Waals surface area contributed by atoms with E-state index >= 15 is 0 Å². The predicted molar refractivity (Wildman–Crippen MR) is 68.7 cm³/mol. The van der Waals surface area contributed by atoms with Gasteiger partial charge in [-0.3, -0.25) is 9.78 Å². The summed E-state index contributed by atoms with van der Waals surface area (Å²) in [5.41, 5.74) is 0.170. The first-order valence-electron chi connectivity index (χ1n) is 6.61. The largest absolute Gasteiger partial charge is 0.384 e. The minimum Gasteiger partial charge on any atom is -0.384 e. The van der Waals surface area contributed by atoms with Crippen LogP contribution in [0.15, 0.2) is 18.5 Å². The van der Waals surface area contributed by atoms with Crippen molar-refractivity contribution in [2.75, 3.05) is 40.0 Å². The minimum atomic E-state index is -0.495. The number of carbonyl (C=O) groups is 1. The number of pyridine rings is 1. The summed E-state index contributed by atoms with van der Waals surface area (Å²) >= 11 is 0. The van der Waals surface area contributed by atoms with Crippen molar-refractivity contribution < 1.29 is 18.7 Å². The molecule has 108 valence electrons. The fourth-order valence-corrected chi connectivity index (χ4v) is 3.19. The summed E-state index contributed by atoms with van der Waals surface area (Å²) in [6.45, 7) is 3.04. The van der Waals surface area contributed by atoms with Gasteiger partial charge < -0.3 is 14.4 Å². The molecule has 1 amide bonds. The highest BCUT2D eigenvalue weighted by molar-refractivity contribution is 5.94. The van der Waals surface area contributed by atoms with Crippen molar-refractivity contribution in [3.63, 3.8) is 0 Å². The number of rotatable bonds is 3. The van der Waals surface area contributed by atoms with E-state index in [1.807, 2.05) is 0 Å². The van der Waals surface area contributed by atoms with E-state index in [1.165, 1.54) is 12.3 Å². The second kappa shape index (κ2) is 5.10. The normalized spacial score (nSPS) is 28.7. The first kappa shape index (κ1) is 13.5. The Kier molecular flexibility index (Phi) is 3.43. The number of amides is 1. The Hall–Kier alpha value is -1.53. The number of ether oxygens (including phenoxy) is 2. The summed E-state index contributed by atoms with van der Waals surface area (Å²) in [5, 5.41) is 0. The number of methoxy groups -OCH3 is 1. The number of nitrogens with zero attached hydrogens (tertiary/aromatic N) is 2. The van der Waals surface area contributed by atoms with Crippen LogP contribution in [-0.4, -0.2) is 55.8 Å². The van der Waals surface area contributed by atoms with Gasteiger partial charge in [-0.25, -0.2) is 4.39 Å². The van der Waals surface area contributed by atoms with Crippen molar-refractivity contribution in [3.05, 3.63) is 29.8 Å². The molecule has 2 aliphatic rings. The van der Waals surface area contributed by atoms with Gasteiger partial charge in [0.2, 0.25) is 0 Å². The molecule has 0 radical (unpaired) electrons. The Labute approximate surface area is 116 Å². The molecule has 0 aromatic carbocycles. The van der Waals surface area contributed by atoms with Gasteiger partial charge in [-0.2, -0.15) is 0 Å². The lowest BCUT2D eigenvalue weighted by atomic mass is 9.82. The highest BCUT2D eigenvalue weighted by Crippen LogP contribution is 2.41. The molecule has 3 rings (SSSR count). The first-order chi connectivity index (χ1) is 9.64. The molecule has 0 saturated carbocycles. The van der Waals surface area contributed by atoms with Crippen LogP contribution in [-0.2, 0) is 9.47 Å². The summed E-state index contributed by atoms with van der Waals surface area (Å²) in [7, 11) is 1.66. The third kappa shape index (κ3) is 2.19. The summed E-state index contributed by atoms with van der Waals surface area (Å²) in [6, 6.07) is 1.23. The Bertz CT molecular complexity index is 525. The lowest BCUT2D eigenvalue weighted by Crippen LogP contribution is -2.37. The predicted octanol–water partition coefficient (Wildman–Crippen LogP) is 0.956. The first-order valence-corrected chi connectivity index (χ1v) is 6.61. The van der Waals surface area contributed by atoms with Crippen molar-refractivity contribution in [1.29, 1.82) is 0 Å². The Balaban J connectivity index is 1.78. The second-order valence-electron chi connectivity index (χ2n) is 5.58. The van der Waals surface area contributed by atoms with Crippen LogP contribution in [0.3, 0.4) is 0 Å². The molecule has 0 aliphatic carbocycles. The van der Waals surface area contributed by atoms with Crippen LogP contribution in [0.5, 0.6) is 0 Å². The van der Waals surface area contributed by atoms with Crippen LogP contribution < -0.4 is 0 Å².